The Balaban J connectivity index is 1.81. The van der Waals surface area contributed by atoms with Crippen LogP contribution in [0.15, 0.2) is 23.1 Å². The molecule has 0 radical (unpaired) electrons. The van der Waals surface area contributed by atoms with E-state index in [0.29, 0.717) is 11.4 Å². The van der Waals surface area contributed by atoms with Crippen molar-refractivity contribution < 1.29 is 12.8 Å². The first-order valence-electron chi connectivity index (χ1n) is 7.67. The lowest BCUT2D eigenvalue weighted by atomic mass is 10.0. The summed E-state index contributed by atoms with van der Waals surface area (Å²) < 4.78 is 42.5. The maximum absolute atomic E-state index is 13.1. The summed E-state index contributed by atoms with van der Waals surface area (Å²) in [7, 11) is -1.77. The van der Waals surface area contributed by atoms with Gasteiger partial charge in [0.25, 0.3) is 0 Å². The lowest BCUT2D eigenvalue weighted by molar-refractivity contribution is 0.575. The molecule has 23 heavy (non-hydrogen) atoms. The van der Waals surface area contributed by atoms with Gasteiger partial charge in [0.15, 0.2) is 0 Å². The van der Waals surface area contributed by atoms with Gasteiger partial charge in [0.05, 0.1) is 17.1 Å². The molecule has 0 atom stereocenters. The number of hydrogen-bond acceptors (Lipinski definition) is 3. The van der Waals surface area contributed by atoms with Crippen LogP contribution >= 0.6 is 0 Å². The molecule has 5 nitrogen and oxygen atoms in total. The smallest absolute Gasteiger partial charge is 0.241 e. The van der Waals surface area contributed by atoms with Gasteiger partial charge in [-0.2, -0.15) is 0 Å². The fraction of sp³-hybridized carbons (Fsp3) is 0.438. The minimum Gasteiger partial charge on any atom is -0.334 e. The third-order valence-electron chi connectivity index (χ3n) is 4.31. The molecule has 0 bridgehead atoms. The quantitative estimate of drug-likeness (QED) is 0.930. The highest BCUT2D eigenvalue weighted by molar-refractivity contribution is 7.89. The fourth-order valence-electron chi connectivity index (χ4n) is 3.05. The number of nitrogens with one attached hydrogen (secondary N) is 1. The first-order chi connectivity index (χ1) is 10.9. The number of nitrogens with zero attached hydrogens (tertiary/aromatic N) is 2. The van der Waals surface area contributed by atoms with Crippen molar-refractivity contribution in [1.82, 2.24) is 14.3 Å². The Kier molecular flexibility index (Phi) is 4.25. The van der Waals surface area contributed by atoms with Crippen LogP contribution in [0.5, 0.6) is 0 Å². The van der Waals surface area contributed by atoms with E-state index in [4.69, 9.17) is 0 Å². The molecule has 0 unspecified atom stereocenters. The van der Waals surface area contributed by atoms with Crippen molar-refractivity contribution in [3.63, 3.8) is 0 Å². The van der Waals surface area contributed by atoms with E-state index >= 15 is 0 Å². The molecule has 1 aromatic carbocycles. The molecule has 1 heterocycles. The Morgan fingerprint density at radius 3 is 2.74 bits per heavy atom. The number of aromatic nitrogens is 2. The van der Waals surface area contributed by atoms with Gasteiger partial charge in [-0.05, 0) is 56.4 Å². The highest BCUT2D eigenvalue weighted by atomic mass is 32.2. The Hall–Kier alpha value is -1.73. The number of hydrogen-bond donors (Lipinski definition) is 1. The van der Waals surface area contributed by atoms with Crippen LogP contribution in [0.2, 0.25) is 0 Å². The van der Waals surface area contributed by atoms with Crippen molar-refractivity contribution in [2.24, 2.45) is 7.05 Å². The summed E-state index contributed by atoms with van der Waals surface area (Å²) in [6, 6.07) is 3.66. The molecule has 1 aromatic heterocycles. The second kappa shape index (κ2) is 6.05. The number of benzene rings is 1. The van der Waals surface area contributed by atoms with Gasteiger partial charge in [-0.3, -0.25) is 0 Å². The van der Waals surface area contributed by atoms with E-state index in [0.717, 1.165) is 37.4 Å². The molecule has 3 rings (SSSR count). The van der Waals surface area contributed by atoms with Crippen molar-refractivity contribution in [3.05, 3.63) is 46.8 Å². The summed E-state index contributed by atoms with van der Waals surface area (Å²) in [4.78, 5) is 4.65. The van der Waals surface area contributed by atoms with Gasteiger partial charge in [-0.25, -0.2) is 22.5 Å². The standard InChI is InChI=1S/C16H20FN3O2S/c1-11-9-12(17)7-8-15(11)23(21,22)18-10-16-19-13-5-3-4-6-14(13)20(16)2/h7-9,18H,3-6,10H2,1-2H3. The summed E-state index contributed by atoms with van der Waals surface area (Å²) in [5.41, 5.74) is 2.66. The van der Waals surface area contributed by atoms with Gasteiger partial charge in [-0.1, -0.05) is 0 Å². The molecule has 0 saturated heterocycles. The average molecular weight is 337 g/mol. The minimum absolute atomic E-state index is 0.0953. The molecule has 0 fully saturated rings. The second-order valence-corrected chi connectivity index (χ2v) is 7.66. The minimum atomic E-state index is -3.69. The predicted molar refractivity (Wildman–Crippen MR) is 85.0 cm³/mol. The van der Waals surface area contributed by atoms with Crippen LogP contribution in [0.25, 0.3) is 0 Å². The van der Waals surface area contributed by atoms with Crippen LogP contribution in [0.4, 0.5) is 4.39 Å². The van der Waals surface area contributed by atoms with E-state index in [1.54, 1.807) is 6.92 Å². The average Bonchev–Trinajstić information content (AvgIpc) is 2.82. The van der Waals surface area contributed by atoms with E-state index in [2.05, 4.69) is 9.71 Å². The molecule has 2 aromatic rings. The van der Waals surface area contributed by atoms with E-state index < -0.39 is 15.8 Å². The molecule has 7 heteroatoms. The van der Waals surface area contributed by atoms with Gasteiger partial charge in [-0.15, -0.1) is 0 Å². The monoisotopic (exact) mass is 337 g/mol. The van der Waals surface area contributed by atoms with Gasteiger partial charge >= 0.3 is 0 Å². The Bertz CT molecular complexity index is 843. The van der Waals surface area contributed by atoms with Crippen LogP contribution in [-0.2, 0) is 36.5 Å². The van der Waals surface area contributed by atoms with Crippen LogP contribution in [0, 0.1) is 12.7 Å². The number of aryl methyl sites for hydroxylation is 2. The molecule has 0 spiro atoms. The maximum Gasteiger partial charge on any atom is 0.241 e. The van der Waals surface area contributed by atoms with Crippen LogP contribution < -0.4 is 4.72 Å². The molecule has 1 aliphatic rings. The Morgan fingerprint density at radius 2 is 2.04 bits per heavy atom. The molecule has 0 saturated carbocycles. The van der Waals surface area contributed by atoms with Gasteiger partial charge in [0, 0.05) is 12.7 Å². The Labute approximate surface area is 135 Å². The van der Waals surface area contributed by atoms with E-state index in [1.807, 2.05) is 11.6 Å². The molecule has 0 amide bonds. The molecule has 1 aliphatic carbocycles. The second-order valence-electron chi connectivity index (χ2n) is 5.92. The predicted octanol–water partition coefficient (Wildman–Crippen LogP) is 2.22. The lowest BCUT2D eigenvalue weighted by Gasteiger charge is -2.12. The first kappa shape index (κ1) is 16.1. The zero-order valence-electron chi connectivity index (χ0n) is 13.3. The van der Waals surface area contributed by atoms with Gasteiger partial charge in [0.2, 0.25) is 10.0 Å². The third-order valence-corrected chi connectivity index (χ3v) is 5.87. The van der Waals surface area contributed by atoms with Gasteiger partial charge in [0.1, 0.15) is 11.6 Å². The van der Waals surface area contributed by atoms with Crippen LogP contribution in [0.3, 0.4) is 0 Å². The zero-order valence-corrected chi connectivity index (χ0v) is 14.1. The molecule has 0 aliphatic heterocycles. The zero-order chi connectivity index (χ0) is 16.6. The molecule has 1 N–H and O–H groups in total. The first-order valence-corrected chi connectivity index (χ1v) is 9.16. The van der Waals surface area contributed by atoms with Crippen molar-refractivity contribution in [1.29, 1.82) is 0 Å². The SMILES string of the molecule is Cc1cc(F)ccc1S(=O)(=O)NCc1nc2c(n1C)CCCC2. The summed E-state index contributed by atoms with van der Waals surface area (Å²) in [5.74, 6) is 0.262. The fourth-order valence-corrected chi connectivity index (χ4v) is 4.26. The van der Waals surface area contributed by atoms with Crippen molar-refractivity contribution >= 4 is 10.0 Å². The summed E-state index contributed by atoms with van der Waals surface area (Å²) >= 11 is 0. The van der Waals surface area contributed by atoms with Crippen molar-refractivity contribution in [2.45, 2.75) is 44.0 Å². The van der Waals surface area contributed by atoms with Gasteiger partial charge < -0.3 is 4.57 Å². The topological polar surface area (TPSA) is 64.0 Å². The van der Waals surface area contributed by atoms with Crippen molar-refractivity contribution in [2.75, 3.05) is 0 Å². The number of imidazole rings is 1. The Morgan fingerprint density at radius 1 is 1.30 bits per heavy atom. The lowest BCUT2D eigenvalue weighted by Crippen LogP contribution is -2.25. The van der Waals surface area contributed by atoms with E-state index in [9.17, 15) is 12.8 Å². The van der Waals surface area contributed by atoms with E-state index in [-0.39, 0.29) is 11.4 Å². The highest BCUT2D eigenvalue weighted by Crippen LogP contribution is 2.22. The van der Waals surface area contributed by atoms with Crippen molar-refractivity contribution in [3.8, 4) is 0 Å². The maximum atomic E-state index is 13.1. The number of rotatable bonds is 4. The largest absolute Gasteiger partial charge is 0.334 e. The normalized spacial score (nSPS) is 14.7. The third kappa shape index (κ3) is 3.16. The molecule has 124 valence electrons. The number of fused-ring (bicyclic) bond motifs is 1. The highest BCUT2D eigenvalue weighted by Gasteiger charge is 2.21. The van der Waals surface area contributed by atoms with E-state index in [1.165, 1.54) is 17.8 Å². The number of halogens is 1. The number of sulfonamides is 1. The summed E-state index contributed by atoms with van der Waals surface area (Å²) in [6.07, 6.45) is 4.21. The van der Waals surface area contributed by atoms with Crippen LogP contribution in [0.1, 0.15) is 35.6 Å². The molecular formula is C16H20FN3O2S. The molecular weight excluding hydrogens is 317 g/mol. The van der Waals surface area contributed by atoms with Crippen LogP contribution in [-0.4, -0.2) is 18.0 Å². The summed E-state index contributed by atoms with van der Waals surface area (Å²) in [6.45, 7) is 1.71. The summed E-state index contributed by atoms with van der Waals surface area (Å²) in [5, 5.41) is 0.